The highest BCUT2D eigenvalue weighted by Crippen LogP contribution is 2.36. The molecular weight excluding hydrogens is 219 g/mol. The van der Waals surface area contributed by atoms with E-state index in [0.717, 1.165) is 6.07 Å². The van der Waals surface area contributed by atoms with Gasteiger partial charge < -0.3 is 10.1 Å². The number of ether oxygens (including phenoxy) is 1. The van der Waals surface area contributed by atoms with Gasteiger partial charge in [0.1, 0.15) is 5.75 Å². The van der Waals surface area contributed by atoms with Gasteiger partial charge in [0.15, 0.2) is 0 Å². The Morgan fingerprint density at radius 2 is 2.00 bits per heavy atom. The maximum Gasteiger partial charge on any atom is 0.419 e. The van der Waals surface area contributed by atoms with Crippen molar-refractivity contribution in [2.75, 3.05) is 13.7 Å². The molecule has 0 saturated heterocycles. The van der Waals surface area contributed by atoms with E-state index in [1.165, 1.54) is 6.07 Å². The molecule has 1 aromatic rings. The third-order valence-electron chi connectivity index (χ3n) is 2.03. The summed E-state index contributed by atoms with van der Waals surface area (Å²) in [4.78, 5) is 0. The van der Waals surface area contributed by atoms with Gasteiger partial charge in [-0.25, -0.2) is 0 Å². The lowest BCUT2D eigenvalue weighted by Crippen LogP contribution is -2.11. The predicted octanol–water partition coefficient (Wildman–Crippen LogP) is 2.82. The quantitative estimate of drug-likeness (QED) is 0.863. The van der Waals surface area contributed by atoms with Crippen LogP contribution in [0.15, 0.2) is 18.2 Å². The number of nitrogens with one attached hydrogen (secondary N) is 1. The molecule has 0 aliphatic heterocycles. The Morgan fingerprint density at radius 1 is 1.31 bits per heavy atom. The topological polar surface area (TPSA) is 21.3 Å². The SMILES string of the molecule is CCOc1ccc(CNC)cc1C(F)(F)F. The monoisotopic (exact) mass is 233 g/mol. The Labute approximate surface area is 92.4 Å². The molecule has 90 valence electrons. The summed E-state index contributed by atoms with van der Waals surface area (Å²) in [5.41, 5.74) is -0.139. The van der Waals surface area contributed by atoms with Crippen molar-refractivity contribution in [3.8, 4) is 5.75 Å². The first-order valence-electron chi connectivity index (χ1n) is 4.96. The predicted molar refractivity (Wildman–Crippen MR) is 55.4 cm³/mol. The lowest BCUT2D eigenvalue weighted by atomic mass is 10.1. The highest BCUT2D eigenvalue weighted by Gasteiger charge is 2.34. The van der Waals surface area contributed by atoms with Crippen LogP contribution in [0.4, 0.5) is 13.2 Å². The molecule has 0 amide bonds. The maximum absolute atomic E-state index is 12.7. The molecule has 0 fully saturated rings. The van der Waals surface area contributed by atoms with Gasteiger partial charge in [0.2, 0.25) is 0 Å². The van der Waals surface area contributed by atoms with Gasteiger partial charge in [-0.3, -0.25) is 0 Å². The fourth-order valence-corrected chi connectivity index (χ4v) is 1.39. The van der Waals surface area contributed by atoms with E-state index in [4.69, 9.17) is 4.74 Å². The van der Waals surface area contributed by atoms with Crippen LogP contribution in [0.3, 0.4) is 0 Å². The molecule has 1 N–H and O–H groups in total. The van der Waals surface area contributed by atoms with Gasteiger partial charge in [-0.1, -0.05) is 6.07 Å². The zero-order valence-electron chi connectivity index (χ0n) is 9.19. The van der Waals surface area contributed by atoms with Gasteiger partial charge in [0.25, 0.3) is 0 Å². The maximum atomic E-state index is 12.7. The van der Waals surface area contributed by atoms with Crippen molar-refractivity contribution in [1.29, 1.82) is 0 Å². The van der Waals surface area contributed by atoms with Crippen molar-refractivity contribution in [3.63, 3.8) is 0 Å². The summed E-state index contributed by atoms with van der Waals surface area (Å²) in [5, 5.41) is 2.81. The van der Waals surface area contributed by atoms with E-state index < -0.39 is 11.7 Å². The minimum absolute atomic E-state index is 0.116. The fraction of sp³-hybridized carbons (Fsp3) is 0.455. The van der Waals surface area contributed by atoms with Crippen LogP contribution in [0.5, 0.6) is 5.75 Å². The third kappa shape index (κ3) is 3.13. The molecule has 0 spiro atoms. The molecule has 0 heterocycles. The second-order valence-electron chi connectivity index (χ2n) is 3.29. The van der Waals surface area contributed by atoms with Gasteiger partial charge in [-0.2, -0.15) is 13.2 Å². The van der Waals surface area contributed by atoms with E-state index in [1.54, 1.807) is 20.0 Å². The Morgan fingerprint density at radius 3 is 2.50 bits per heavy atom. The lowest BCUT2D eigenvalue weighted by Gasteiger charge is -2.14. The van der Waals surface area contributed by atoms with Crippen molar-refractivity contribution >= 4 is 0 Å². The Balaban J connectivity index is 3.11. The van der Waals surface area contributed by atoms with Crippen molar-refractivity contribution in [3.05, 3.63) is 29.3 Å². The smallest absolute Gasteiger partial charge is 0.419 e. The second kappa shape index (κ2) is 5.21. The van der Waals surface area contributed by atoms with Crippen LogP contribution < -0.4 is 10.1 Å². The zero-order chi connectivity index (χ0) is 12.2. The average molecular weight is 233 g/mol. The minimum Gasteiger partial charge on any atom is -0.493 e. The zero-order valence-corrected chi connectivity index (χ0v) is 9.19. The van der Waals surface area contributed by atoms with Crippen LogP contribution in [0.25, 0.3) is 0 Å². The van der Waals surface area contributed by atoms with Gasteiger partial charge in [-0.15, -0.1) is 0 Å². The minimum atomic E-state index is -4.38. The number of halogens is 3. The van der Waals surface area contributed by atoms with E-state index in [2.05, 4.69) is 5.32 Å². The van der Waals surface area contributed by atoms with E-state index in [1.807, 2.05) is 0 Å². The molecule has 0 radical (unpaired) electrons. The van der Waals surface area contributed by atoms with Gasteiger partial charge in [-0.05, 0) is 31.7 Å². The Bertz CT molecular complexity index is 350. The number of rotatable bonds is 4. The standard InChI is InChI=1S/C11H14F3NO/c1-3-16-10-5-4-8(7-15-2)6-9(10)11(12,13)14/h4-6,15H,3,7H2,1-2H3. The number of alkyl halides is 3. The number of benzene rings is 1. The molecule has 1 rings (SSSR count). The van der Waals surface area contributed by atoms with E-state index >= 15 is 0 Å². The summed E-state index contributed by atoms with van der Waals surface area (Å²) in [6, 6.07) is 4.09. The summed E-state index contributed by atoms with van der Waals surface area (Å²) in [6.45, 7) is 2.27. The first-order chi connectivity index (χ1) is 7.49. The van der Waals surface area contributed by atoms with Crippen LogP contribution in [0, 0.1) is 0 Å². The van der Waals surface area contributed by atoms with Crippen molar-refractivity contribution in [2.45, 2.75) is 19.6 Å². The highest BCUT2D eigenvalue weighted by molar-refractivity contribution is 5.39. The largest absolute Gasteiger partial charge is 0.493 e. The molecule has 0 saturated carbocycles. The summed E-state index contributed by atoms with van der Waals surface area (Å²) in [7, 11) is 1.68. The second-order valence-corrected chi connectivity index (χ2v) is 3.29. The number of hydrogen-bond donors (Lipinski definition) is 1. The van der Waals surface area contributed by atoms with Gasteiger partial charge in [0, 0.05) is 6.54 Å². The molecule has 0 atom stereocenters. The fourth-order valence-electron chi connectivity index (χ4n) is 1.39. The van der Waals surface area contributed by atoms with Gasteiger partial charge in [0.05, 0.1) is 12.2 Å². The average Bonchev–Trinajstić information content (AvgIpc) is 2.19. The third-order valence-corrected chi connectivity index (χ3v) is 2.03. The normalized spacial score (nSPS) is 11.6. The Hall–Kier alpha value is -1.23. The van der Waals surface area contributed by atoms with Crippen LogP contribution in [-0.4, -0.2) is 13.7 Å². The van der Waals surface area contributed by atoms with Crippen molar-refractivity contribution in [2.24, 2.45) is 0 Å². The molecule has 16 heavy (non-hydrogen) atoms. The van der Waals surface area contributed by atoms with Crippen LogP contribution in [0.2, 0.25) is 0 Å². The van der Waals surface area contributed by atoms with E-state index in [9.17, 15) is 13.2 Å². The number of hydrogen-bond acceptors (Lipinski definition) is 2. The summed E-state index contributed by atoms with van der Waals surface area (Å²) in [5.74, 6) is -0.116. The highest BCUT2D eigenvalue weighted by atomic mass is 19.4. The Kier molecular flexibility index (Phi) is 4.18. The van der Waals surface area contributed by atoms with Crippen LogP contribution >= 0.6 is 0 Å². The van der Waals surface area contributed by atoms with Crippen LogP contribution in [0.1, 0.15) is 18.1 Å². The molecular formula is C11H14F3NO. The first-order valence-corrected chi connectivity index (χ1v) is 4.96. The molecule has 0 aliphatic carbocycles. The molecule has 0 bridgehead atoms. The molecule has 0 aromatic heterocycles. The lowest BCUT2D eigenvalue weighted by molar-refractivity contribution is -0.139. The van der Waals surface area contributed by atoms with E-state index in [-0.39, 0.29) is 12.4 Å². The van der Waals surface area contributed by atoms with Crippen molar-refractivity contribution < 1.29 is 17.9 Å². The van der Waals surface area contributed by atoms with Crippen LogP contribution in [-0.2, 0) is 12.7 Å². The van der Waals surface area contributed by atoms with E-state index in [0.29, 0.717) is 12.1 Å². The molecule has 2 nitrogen and oxygen atoms in total. The summed E-state index contributed by atoms with van der Waals surface area (Å²) in [6.07, 6.45) is -4.38. The molecule has 1 aromatic carbocycles. The molecule has 0 unspecified atom stereocenters. The molecule has 5 heteroatoms. The molecule has 0 aliphatic rings. The summed E-state index contributed by atoms with van der Waals surface area (Å²) < 4.78 is 43.0. The summed E-state index contributed by atoms with van der Waals surface area (Å²) >= 11 is 0. The van der Waals surface area contributed by atoms with Crippen molar-refractivity contribution in [1.82, 2.24) is 5.32 Å². The first kappa shape index (κ1) is 12.8. The van der Waals surface area contributed by atoms with Gasteiger partial charge >= 0.3 is 6.18 Å².